The van der Waals surface area contributed by atoms with Crippen molar-refractivity contribution in [1.29, 1.82) is 0 Å². The number of hydrogen-bond donors (Lipinski definition) is 2. The lowest BCUT2D eigenvalue weighted by Crippen LogP contribution is -2.31. The Balaban J connectivity index is 2.73. The molecule has 0 fully saturated rings. The zero-order valence-corrected chi connectivity index (χ0v) is 11.9. The lowest BCUT2D eigenvalue weighted by atomic mass is 10.2. The largest absolute Gasteiger partial charge is 0.362 e. The van der Waals surface area contributed by atoms with Gasteiger partial charge in [0.05, 0.1) is 15.6 Å². The molecule has 1 aromatic rings. The summed E-state index contributed by atoms with van der Waals surface area (Å²) in [7, 11) is 0. The average Bonchev–Trinajstić information content (AvgIpc) is 2.31. The van der Waals surface area contributed by atoms with Crippen molar-refractivity contribution in [2.24, 2.45) is 5.10 Å². The van der Waals surface area contributed by atoms with Crippen molar-refractivity contribution in [1.82, 2.24) is 10.7 Å². The summed E-state index contributed by atoms with van der Waals surface area (Å²) in [4.78, 5) is 10.3. The third kappa shape index (κ3) is 4.38. The van der Waals surface area contributed by atoms with Gasteiger partial charge in [0, 0.05) is 18.2 Å². The van der Waals surface area contributed by atoms with Crippen molar-refractivity contribution in [3.8, 4) is 0 Å². The summed E-state index contributed by atoms with van der Waals surface area (Å²) in [5, 5.41) is 17.9. The van der Waals surface area contributed by atoms with Crippen LogP contribution in [0.2, 0.25) is 0 Å². The molecule has 1 rings (SSSR count). The molecular formula is C10H11BrN4O2S. The van der Waals surface area contributed by atoms with Crippen LogP contribution in [-0.4, -0.2) is 22.8 Å². The molecule has 96 valence electrons. The first-order valence-electron chi connectivity index (χ1n) is 5.05. The minimum absolute atomic E-state index is 0.00629. The lowest BCUT2D eigenvalue weighted by molar-refractivity contribution is -0.385. The third-order valence-electron chi connectivity index (χ3n) is 1.88. The number of nitro groups is 1. The summed E-state index contributed by atoms with van der Waals surface area (Å²) in [6.45, 7) is 2.61. The Labute approximate surface area is 118 Å². The number of hydrogen-bond acceptors (Lipinski definition) is 4. The Bertz CT molecular complexity index is 493. The van der Waals surface area contributed by atoms with Gasteiger partial charge in [-0.2, -0.15) is 5.10 Å². The molecule has 8 heteroatoms. The Morgan fingerprint density at radius 3 is 3.00 bits per heavy atom. The summed E-state index contributed by atoms with van der Waals surface area (Å²) in [6, 6.07) is 4.73. The summed E-state index contributed by atoms with van der Waals surface area (Å²) >= 11 is 8.02. The summed E-state index contributed by atoms with van der Waals surface area (Å²) in [5.41, 5.74) is 3.21. The maximum atomic E-state index is 10.7. The first-order valence-corrected chi connectivity index (χ1v) is 6.25. The number of benzene rings is 1. The zero-order chi connectivity index (χ0) is 13.5. The first kappa shape index (κ1) is 14.5. The molecule has 0 heterocycles. The molecule has 0 atom stereocenters. The molecule has 0 aliphatic heterocycles. The monoisotopic (exact) mass is 330 g/mol. The second-order valence-corrected chi connectivity index (χ2v) is 4.46. The number of nitro benzene ring substituents is 1. The van der Waals surface area contributed by atoms with Gasteiger partial charge in [0.1, 0.15) is 0 Å². The number of nitrogens with zero attached hydrogens (tertiary/aromatic N) is 2. The van der Waals surface area contributed by atoms with E-state index in [1.54, 1.807) is 12.1 Å². The van der Waals surface area contributed by atoms with Crippen LogP contribution < -0.4 is 10.7 Å². The van der Waals surface area contributed by atoms with Crippen LogP contribution in [0.3, 0.4) is 0 Å². The predicted molar refractivity (Wildman–Crippen MR) is 77.8 cm³/mol. The highest BCUT2D eigenvalue weighted by Crippen LogP contribution is 2.24. The SMILES string of the molecule is CCNC(=S)N/N=C/c1ccc(Br)c([N+](=O)[O-])c1. The number of thiocarbonyl (C=S) groups is 1. The molecule has 0 amide bonds. The maximum Gasteiger partial charge on any atom is 0.284 e. The van der Waals surface area contributed by atoms with Gasteiger partial charge >= 0.3 is 0 Å². The fourth-order valence-corrected chi connectivity index (χ4v) is 1.70. The van der Waals surface area contributed by atoms with Crippen LogP contribution in [0.25, 0.3) is 0 Å². The van der Waals surface area contributed by atoms with Crippen LogP contribution in [0.5, 0.6) is 0 Å². The minimum atomic E-state index is -0.460. The fraction of sp³-hybridized carbons (Fsp3) is 0.200. The van der Waals surface area contributed by atoms with Crippen molar-refractivity contribution < 1.29 is 4.92 Å². The Morgan fingerprint density at radius 1 is 1.67 bits per heavy atom. The van der Waals surface area contributed by atoms with Crippen LogP contribution in [0.4, 0.5) is 5.69 Å². The molecule has 18 heavy (non-hydrogen) atoms. The highest BCUT2D eigenvalue weighted by Gasteiger charge is 2.11. The average molecular weight is 331 g/mol. The number of rotatable bonds is 4. The molecule has 2 N–H and O–H groups in total. The van der Waals surface area contributed by atoms with Crippen molar-refractivity contribution in [3.05, 3.63) is 38.3 Å². The van der Waals surface area contributed by atoms with Gasteiger partial charge < -0.3 is 5.32 Å². The van der Waals surface area contributed by atoms with E-state index in [1.807, 2.05) is 6.92 Å². The fourth-order valence-electron chi connectivity index (χ4n) is 1.12. The van der Waals surface area contributed by atoms with Gasteiger partial charge in [0.25, 0.3) is 5.69 Å². The molecule has 0 saturated heterocycles. The van der Waals surface area contributed by atoms with E-state index in [4.69, 9.17) is 12.2 Å². The number of nitrogens with one attached hydrogen (secondary N) is 2. The highest BCUT2D eigenvalue weighted by atomic mass is 79.9. The molecule has 0 saturated carbocycles. The highest BCUT2D eigenvalue weighted by molar-refractivity contribution is 9.10. The van der Waals surface area contributed by atoms with Gasteiger partial charge in [0.15, 0.2) is 5.11 Å². The van der Waals surface area contributed by atoms with E-state index in [-0.39, 0.29) is 5.69 Å². The molecule has 0 aliphatic rings. The zero-order valence-electron chi connectivity index (χ0n) is 9.51. The number of hydrazone groups is 1. The number of halogens is 1. The molecule has 0 spiro atoms. The van der Waals surface area contributed by atoms with Gasteiger partial charge in [-0.1, -0.05) is 6.07 Å². The van der Waals surface area contributed by atoms with Gasteiger partial charge in [-0.3, -0.25) is 15.5 Å². The second kappa shape index (κ2) is 7.02. The topological polar surface area (TPSA) is 79.6 Å². The standard InChI is InChI=1S/C10H11BrN4O2S/c1-2-12-10(18)14-13-6-7-3-4-8(11)9(5-7)15(16)17/h3-6H,2H2,1H3,(H2,12,14,18)/b13-6+. The Kier molecular flexibility index (Phi) is 5.66. The smallest absolute Gasteiger partial charge is 0.284 e. The normalized spacial score (nSPS) is 10.3. The minimum Gasteiger partial charge on any atom is -0.362 e. The van der Waals surface area contributed by atoms with Crippen LogP contribution in [0.1, 0.15) is 12.5 Å². The van der Waals surface area contributed by atoms with Crippen LogP contribution in [0, 0.1) is 10.1 Å². The van der Waals surface area contributed by atoms with E-state index in [0.717, 1.165) is 0 Å². The third-order valence-corrected chi connectivity index (χ3v) is 2.79. The van der Waals surface area contributed by atoms with Crippen LogP contribution >= 0.6 is 28.1 Å². The second-order valence-electron chi connectivity index (χ2n) is 3.20. The Hall–Kier alpha value is -1.54. The first-order chi connectivity index (χ1) is 8.54. The van der Waals surface area contributed by atoms with E-state index in [0.29, 0.717) is 21.7 Å². The molecule has 1 aromatic carbocycles. The van der Waals surface area contributed by atoms with E-state index >= 15 is 0 Å². The molecular weight excluding hydrogens is 320 g/mol. The van der Waals surface area contributed by atoms with Crippen molar-refractivity contribution >= 4 is 45.2 Å². The van der Waals surface area contributed by atoms with Crippen LogP contribution in [-0.2, 0) is 0 Å². The van der Waals surface area contributed by atoms with E-state index in [2.05, 4.69) is 31.8 Å². The molecule has 0 aromatic heterocycles. The molecule has 0 bridgehead atoms. The quantitative estimate of drug-likeness (QED) is 0.383. The van der Waals surface area contributed by atoms with Gasteiger partial charge in [-0.05, 0) is 41.1 Å². The molecule has 0 aliphatic carbocycles. The lowest BCUT2D eigenvalue weighted by Gasteiger charge is -2.02. The summed E-state index contributed by atoms with van der Waals surface area (Å²) < 4.78 is 0.431. The van der Waals surface area contributed by atoms with E-state index < -0.39 is 4.92 Å². The molecule has 0 radical (unpaired) electrons. The van der Waals surface area contributed by atoms with Gasteiger partial charge in [-0.15, -0.1) is 0 Å². The van der Waals surface area contributed by atoms with Crippen molar-refractivity contribution in [2.75, 3.05) is 6.54 Å². The molecule has 6 nitrogen and oxygen atoms in total. The Morgan fingerprint density at radius 2 is 2.39 bits per heavy atom. The predicted octanol–water partition coefficient (Wildman–Crippen LogP) is 2.18. The van der Waals surface area contributed by atoms with Crippen LogP contribution in [0.15, 0.2) is 27.8 Å². The van der Waals surface area contributed by atoms with E-state index in [1.165, 1.54) is 12.3 Å². The van der Waals surface area contributed by atoms with Crippen molar-refractivity contribution in [3.63, 3.8) is 0 Å². The molecule has 0 unspecified atom stereocenters. The van der Waals surface area contributed by atoms with Crippen molar-refractivity contribution in [2.45, 2.75) is 6.92 Å². The summed E-state index contributed by atoms with van der Waals surface area (Å²) in [5.74, 6) is 0. The van der Waals surface area contributed by atoms with Gasteiger partial charge in [-0.25, -0.2) is 0 Å². The van der Waals surface area contributed by atoms with Gasteiger partial charge in [0.2, 0.25) is 0 Å². The maximum absolute atomic E-state index is 10.7. The van der Waals surface area contributed by atoms with E-state index in [9.17, 15) is 10.1 Å². The summed E-state index contributed by atoms with van der Waals surface area (Å²) in [6.07, 6.45) is 1.46.